The molecule has 2 rings (SSSR count). The minimum absolute atomic E-state index is 0.132. The van der Waals surface area contributed by atoms with Gasteiger partial charge in [-0.05, 0) is 43.7 Å². The number of aromatic nitrogens is 1. The summed E-state index contributed by atoms with van der Waals surface area (Å²) in [6, 6.07) is 3.11. The van der Waals surface area contributed by atoms with Crippen LogP contribution in [0.3, 0.4) is 0 Å². The Balaban J connectivity index is 0.000000861. The number of pyridine rings is 1. The number of hydrogen-bond donors (Lipinski definition) is 0. The van der Waals surface area contributed by atoms with Gasteiger partial charge in [-0.1, -0.05) is 27.2 Å². The first-order valence-electron chi connectivity index (χ1n) is 7.45. The fourth-order valence-corrected chi connectivity index (χ4v) is 2.80. The molecule has 0 N–H and O–H groups in total. The number of halogens is 2. The van der Waals surface area contributed by atoms with Gasteiger partial charge in [-0.2, -0.15) is 0 Å². The van der Waals surface area contributed by atoms with Crippen LogP contribution in [0.2, 0.25) is 0 Å². The SMILES string of the molecule is CC.CCC1CCC(c2ncccc2C(F)F)CC1. The summed E-state index contributed by atoms with van der Waals surface area (Å²) >= 11 is 0. The van der Waals surface area contributed by atoms with E-state index in [4.69, 9.17) is 0 Å². The van der Waals surface area contributed by atoms with Crippen molar-refractivity contribution < 1.29 is 8.78 Å². The van der Waals surface area contributed by atoms with Crippen LogP contribution < -0.4 is 0 Å². The first-order valence-corrected chi connectivity index (χ1v) is 7.45. The van der Waals surface area contributed by atoms with Gasteiger partial charge in [-0.25, -0.2) is 8.78 Å². The molecule has 0 unspecified atom stereocenters. The molecule has 108 valence electrons. The third kappa shape index (κ3) is 4.26. The highest BCUT2D eigenvalue weighted by atomic mass is 19.3. The first-order chi connectivity index (χ1) is 9.22. The van der Waals surface area contributed by atoms with Crippen molar-refractivity contribution in [3.05, 3.63) is 29.6 Å². The van der Waals surface area contributed by atoms with Crippen LogP contribution in [0, 0.1) is 5.92 Å². The first kappa shape index (κ1) is 16.1. The predicted molar refractivity (Wildman–Crippen MR) is 75.5 cm³/mol. The van der Waals surface area contributed by atoms with Crippen molar-refractivity contribution in [1.82, 2.24) is 4.98 Å². The molecule has 1 fully saturated rings. The molecule has 1 aliphatic carbocycles. The molecule has 0 aliphatic heterocycles. The van der Waals surface area contributed by atoms with Gasteiger partial charge in [0.2, 0.25) is 0 Å². The van der Waals surface area contributed by atoms with Crippen molar-refractivity contribution in [3.63, 3.8) is 0 Å². The molecule has 19 heavy (non-hydrogen) atoms. The molecular formula is C16H25F2N. The second-order valence-corrected chi connectivity index (χ2v) is 4.90. The number of hydrogen-bond acceptors (Lipinski definition) is 1. The summed E-state index contributed by atoms with van der Waals surface area (Å²) < 4.78 is 25.8. The van der Waals surface area contributed by atoms with Gasteiger partial charge < -0.3 is 0 Å². The molecular weight excluding hydrogens is 244 g/mol. The van der Waals surface area contributed by atoms with Crippen LogP contribution in [0.5, 0.6) is 0 Å². The summed E-state index contributed by atoms with van der Waals surface area (Å²) in [5, 5.41) is 0. The Bertz CT molecular complexity index is 358. The zero-order valence-electron chi connectivity index (χ0n) is 12.2. The predicted octanol–water partition coefficient (Wildman–Crippen LogP) is 5.73. The molecule has 1 aromatic rings. The average Bonchev–Trinajstić information content (AvgIpc) is 2.49. The van der Waals surface area contributed by atoms with Gasteiger partial charge in [0.1, 0.15) is 0 Å². The van der Waals surface area contributed by atoms with Crippen LogP contribution in [0.25, 0.3) is 0 Å². The second-order valence-electron chi connectivity index (χ2n) is 4.90. The normalized spacial score (nSPS) is 22.8. The summed E-state index contributed by atoms with van der Waals surface area (Å²) in [6.07, 6.45) is 4.76. The number of nitrogens with zero attached hydrogens (tertiary/aromatic N) is 1. The Morgan fingerprint density at radius 1 is 1.21 bits per heavy atom. The summed E-state index contributed by atoms with van der Waals surface area (Å²) in [5.41, 5.74) is 0.768. The molecule has 1 aliphatic rings. The van der Waals surface area contributed by atoms with Crippen molar-refractivity contribution >= 4 is 0 Å². The highest BCUT2D eigenvalue weighted by Gasteiger charge is 2.26. The minimum atomic E-state index is -2.40. The lowest BCUT2D eigenvalue weighted by atomic mass is 9.78. The van der Waals surface area contributed by atoms with E-state index >= 15 is 0 Å². The van der Waals surface area contributed by atoms with Crippen LogP contribution >= 0.6 is 0 Å². The molecule has 1 aromatic heterocycles. The van der Waals surface area contributed by atoms with E-state index in [1.807, 2.05) is 13.8 Å². The Labute approximate surface area is 115 Å². The molecule has 1 saturated carbocycles. The molecule has 0 saturated heterocycles. The van der Waals surface area contributed by atoms with E-state index in [0.29, 0.717) is 5.69 Å². The van der Waals surface area contributed by atoms with Crippen LogP contribution in [0.15, 0.2) is 18.3 Å². The Kier molecular flexibility index (Phi) is 6.96. The van der Waals surface area contributed by atoms with Crippen molar-refractivity contribution in [1.29, 1.82) is 0 Å². The smallest absolute Gasteiger partial charge is 0.261 e. The number of alkyl halides is 2. The van der Waals surface area contributed by atoms with Gasteiger partial charge in [0.05, 0.1) is 5.69 Å². The van der Waals surface area contributed by atoms with Gasteiger partial charge in [-0.3, -0.25) is 4.98 Å². The summed E-state index contributed by atoms with van der Waals surface area (Å²) in [4.78, 5) is 4.19. The third-order valence-electron chi connectivity index (χ3n) is 3.92. The number of rotatable bonds is 3. The van der Waals surface area contributed by atoms with E-state index in [0.717, 1.165) is 31.6 Å². The minimum Gasteiger partial charge on any atom is -0.261 e. The fraction of sp³-hybridized carbons (Fsp3) is 0.688. The van der Waals surface area contributed by atoms with Crippen LogP contribution in [0.1, 0.15) is 76.5 Å². The molecule has 0 bridgehead atoms. The van der Waals surface area contributed by atoms with E-state index in [1.54, 1.807) is 12.3 Å². The largest absolute Gasteiger partial charge is 0.265 e. The monoisotopic (exact) mass is 269 g/mol. The van der Waals surface area contributed by atoms with Crippen LogP contribution in [0.4, 0.5) is 8.78 Å². The maximum atomic E-state index is 12.9. The van der Waals surface area contributed by atoms with Crippen LogP contribution in [-0.4, -0.2) is 4.98 Å². The standard InChI is InChI=1S/C14H19F2N.C2H6/c1-2-10-5-7-11(8-6-10)13-12(14(15)16)4-3-9-17-13;1-2/h3-4,9-11,14H,2,5-8H2,1H3;1-2H3. The topological polar surface area (TPSA) is 12.9 Å². The second kappa shape index (κ2) is 8.23. The lowest BCUT2D eigenvalue weighted by Crippen LogP contribution is -2.15. The van der Waals surface area contributed by atoms with E-state index in [2.05, 4.69) is 11.9 Å². The van der Waals surface area contributed by atoms with Crippen LogP contribution in [-0.2, 0) is 0 Å². The molecule has 0 radical (unpaired) electrons. The zero-order chi connectivity index (χ0) is 14.3. The lowest BCUT2D eigenvalue weighted by Gasteiger charge is -2.28. The van der Waals surface area contributed by atoms with Gasteiger partial charge in [0, 0.05) is 17.7 Å². The maximum absolute atomic E-state index is 12.9. The van der Waals surface area contributed by atoms with E-state index in [1.165, 1.54) is 12.5 Å². The van der Waals surface area contributed by atoms with Gasteiger partial charge >= 0.3 is 0 Å². The zero-order valence-corrected chi connectivity index (χ0v) is 12.2. The average molecular weight is 269 g/mol. The third-order valence-corrected chi connectivity index (χ3v) is 3.92. The Morgan fingerprint density at radius 3 is 2.37 bits per heavy atom. The highest BCUT2D eigenvalue weighted by molar-refractivity contribution is 5.24. The summed E-state index contributed by atoms with van der Waals surface area (Å²) in [7, 11) is 0. The van der Waals surface area contributed by atoms with Crippen molar-refractivity contribution in [2.24, 2.45) is 5.92 Å². The quantitative estimate of drug-likeness (QED) is 0.683. The molecule has 3 heteroatoms. The van der Waals surface area contributed by atoms with Crippen molar-refractivity contribution in [3.8, 4) is 0 Å². The van der Waals surface area contributed by atoms with Gasteiger partial charge in [-0.15, -0.1) is 0 Å². The molecule has 0 spiro atoms. The van der Waals surface area contributed by atoms with Gasteiger partial charge in [0.25, 0.3) is 6.43 Å². The summed E-state index contributed by atoms with van der Waals surface area (Å²) in [6.45, 7) is 6.20. The molecule has 0 amide bonds. The van der Waals surface area contributed by atoms with E-state index in [-0.39, 0.29) is 11.5 Å². The maximum Gasteiger partial charge on any atom is 0.265 e. The van der Waals surface area contributed by atoms with Gasteiger partial charge in [0.15, 0.2) is 0 Å². The molecule has 0 atom stereocenters. The Hall–Kier alpha value is -0.990. The molecule has 0 aromatic carbocycles. The van der Waals surface area contributed by atoms with E-state index in [9.17, 15) is 8.78 Å². The molecule has 1 nitrogen and oxygen atoms in total. The lowest BCUT2D eigenvalue weighted by molar-refractivity contribution is 0.148. The van der Waals surface area contributed by atoms with E-state index < -0.39 is 6.43 Å². The summed E-state index contributed by atoms with van der Waals surface area (Å²) in [5.74, 6) is 1.02. The molecule has 1 heterocycles. The van der Waals surface area contributed by atoms with Crippen molar-refractivity contribution in [2.75, 3.05) is 0 Å². The fourth-order valence-electron chi connectivity index (χ4n) is 2.80. The highest BCUT2D eigenvalue weighted by Crippen LogP contribution is 2.39. The Morgan fingerprint density at radius 2 is 1.84 bits per heavy atom. The van der Waals surface area contributed by atoms with Crippen molar-refractivity contribution in [2.45, 2.75) is 65.2 Å².